The van der Waals surface area contributed by atoms with Crippen molar-refractivity contribution >= 4 is 29.1 Å². The summed E-state index contributed by atoms with van der Waals surface area (Å²) in [6, 6.07) is 7.12. The number of nitrogens with one attached hydrogen (secondary N) is 2. The molecule has 0 aromatic heterocycles. The average Bonchev–Trinajstić information content (AvgIpc) is 2.38. The van der Waals surface area contributed by atoms with Gasteiger partial charge in [-0.05, 0) is 38.5 Å². The van der Waals surface area contributed by atoms with Crippen LogP contribution in [0.1, 0.15) is 32.8 Å². The molecule has 5 nitrogen and oxygen atoms in total. The second kappa shape index (κ2) is 8.42. The SMILES string of the molecule is CC(CC(=O)NC(C)C)=NNC(=O)Cc1ccc(Cl)cc1. The van der Waals surface area contributed by atoms with Crippen molar-refractivity contribution in [1.29, 1.82) is 0 Å². The molecule has 0 aliphatic carbocycles. The predicted octanol–water partition coefficient (Wildman–Crippen LogP) is 2.29. The van der Waals surface area contributed by atoms with E-state index in [0.717, 1.165) is 5.56 Å². The molecule has 0 aliphatic heterocycles. The van der Waals surface area contributed by atoms with Gasteiger partial charge in [-0.15, -0.1) is 0 Å². The van der Waals surface area contributed by atoms with Gasteiger partial charge >= 0.3 is 0 Å². The molecule has 0 saturated carbocycles. The number of hydrogen-bond donors (Lipinski definition) is 2. The highest BCUT2D eigenvalue weighted by atomic mass is 35.5. The molecule has 0 bridgehead atoms. The number of hydrogen-bond acceptors (Lipinski definition) is 3. The zero-order chi connectivity index (χ0) is 15.8. The van der Waals surface area contributed by atoms with Crippen LogP contribution in [0.2, 0.25) is 5.02 Å². The number of carbonyl (C=O) groups excluding carboxylic acids is 2. The molecule has 6 heteroatoms. The van der Waals surface area contributed by atoms with Crippen molar-refractivity contribution in [3.63, 3.8) is 0 Å². The molecule has 0 fully saturated rings. The lowest BCUT2D eigenvalue weighted by atomic mass is 10.1. The van der Waals surface area contributed by atoms with E-state index >= 15 is 0 Å². The van der Waals surface area contributed by atoms with Gasteiger partial charge in [-0.1, -0.05) is 23.7 Å². The third kappa shape index (κ3) is 7.46. The topological polar surface area (TPSA) is 70.6 Å². The Bertz CT molecular complexity index is 524. The van der Waals surface area contributed by atoms with Crippen molar-refractivity contribution in [1.82, 2.24) is 10.7 Å². The number of hydrazone groups is 1. The molecule has 1 rings (SSSR count). The first-order chi connectivity index (χ1) is 9.86. The van der Waals surface area contributed by atoms with E-state index in [1.54, 1.807) is 31.2 Å². The highest BCUT2D eigenvalue weighted by molar-refractivity contribution is 6.30. The van der Waals surface area contributed by atoms with Crippen LogP contribution in [-0.4, -0.2) is 23.6 Å². The molecule has 0 atom stereocenters. The minimum atomic E-state index is -0.235. The zero-order valence-corrected chi connectivity index (χ0v) is 13.2. The number of halogens is 1. The Balaban J connectivity index is 2.42. The van der Waals surface area contributed by atoms with Crippen LogP contribution in [-0.2, 0) is 16.0 Å². The second-order valence-corrected chi connectivity index (χ2v) is 5.52. The molecule has 114 valence electrons. The summed E-state index contributed by atoms with van der Waals surface area (Å²) in [6.45, 7) is 5.47. The van der Waals surface area contributed by atoms with Gasteiger partial charge in [0.1, 0.15) is 0 Å². The molecular weight excluding hydrogens is 290 g/mol. The van der Waals surface area contributed by atoms with Crippen molar-refractivity contribution in [3.05, 3.63) is 34.9 Å². The van der Waals surface area contributed by atoms with Gasteiger partial charge in [0.05, 0.1) is 12.8 Å². The first-order valence-electron chi connectivity index (χ1n) is 6.72. The Labute approximate surface area is 129 Å². The van der Waals surface area contributed by atoms with Crippen LogP contribution in [0.5, 0.6) is 0 Å². The van der Waals surface area contributed by atoms with Gasteiger partial charge in [-0.25, -0.2) is 5.43 Å². The molecule has 2 N–H and O–H groups in total. The van der Waals surface area contributed by atoms with Gasteiger partial charge in [-0.2, -0.15) is 5.10 Å². The van der Waals surface area contributed by atoms with Crippen LogP contribution in [0.4, 0.5) is 0 Å². The quantitative estimate of drug-likeness (QED) is 0.625. The number of nitrogens with zero attached hydrogens (tertiary/aromatic N) is 1. The third-order valence-electron chi connectivity index (χ3n) is 2.52. The normalized spacial score (nSPS) is 11.4. The zero-order valence-electron chi connectivity index (χ0n) is 12.4. The second-order valence-electron chi connectivity index (χ2n) is 5.08. The Morgan fingerprint density at radius 1 is 1.19 bits per heavy atom. The molecule has 0 aliphatic rings. The Morgan fingerprint density at radius 3 is 2.38 bits per heavy atom. The van der Waals surface area contributed by atoms with Crippen LogP contribution in [0, 0.1) is 0 Å². The van der Waals surface area contributed by atoms with E-state index in [1.165, 1.54) is 0 Å². The van der Waals surface area contributed by atoms with E-state index in [1.807, 2.05) is 13.8 Å². The molecule has 1 aromatic carbocycles. The maximum absolute atomic E-state index is 11.7. The largest absolute Gasteiger partial charge is 0.354 e. The maximum Gasteiger partial charge on any atom is 0.244 e. The summed E-state index contributed by atoms with van der Waals surface area (Å²) >= 11 is 5.78. The fourth-order valence-corrected chi connectivity index (χ4v) is 1.76. The number of amides is 2. The van der Waals surface area contributed by atoms with Gasteiger partial charge in [0.25, 0.3) is 0 Å². The summed E-state index contributed by atoms with van der Waals surface area (Å²) in [5.74, 6) is -0.348. The molecule has 0 heterocycles. The lowest BCUT2D eigenvalue weighted by molar-refractivity contribution is -0.121. The van der Waals surface area contributed by atoms with Gasteiger partial charge < -0.3 is 5.32 Å². The van der Waals surface area contributed by atoms with E-state index in [0.29, 0.717) is 10.7 Å². The summed E-state index contributed by atoms with van der Waals surface area (Å²) < 4.78 is 0. The Hall–Kier alpha value is -1.88. The van der Waals surface area contributed by atoms with E-state index in [2.05, 4.69) is 15.8 Å². The minimum Gasteiger partial charge on any atom is -0.354 e. The van der Waals surface area contributed by atoms with Crippen molar-refractivity contribution in [2.45, 2.75) is 39.7 Å². The molecule has 0 radical (unpaired) electrons. The highest BCUT2D eigenvalue weighted by Gasteiger charge is 2.06. The monoisotopic (exact) mass is 309 g/mol. The molecule has 0 unspecified atom stereocenters. The van der Waals surface area contributed by atoms with E-state index in [4.69, 9.17) is 11.6 Å². The minimum absolute atomic E-state index is 0.0878. The number of rotatable bonds is 6. The number of carbonyl (C=O) groups is 2. The summed E-state index contributed by atoms with van der Waals surface area (Å²) in [7, 11) is 0. The molecule has 21 heavy (non-hydrogen) atoms. The first kappa shape index (κ1) is 17.2. The lowest BCUT2D eigenvalue weighted by Gasteiger charge is -2.08. The summed E-state index contributed by atoms with van der Waals surface area (Å²) in [4.78, 5) is 23.2. The van der Waals surface area contributed by atoms with Crippen molar-refractivity contribution in [2.75, 3.05) is 0 Å². The molecule has 1 aromatic rings. The Kier molecular flexibility index (Phi) is 6.88. The van der Waals surface area contributed by atoms with Crippen LogP contribution in [0.25, 0.3) is 0 Å². The van der Waals surface area contributed by atoms with Crippen LogP contribution in [0.3, 0.4) is 0 Å². The molecule has 2 amide bonds. The van der Waals surface area contributed by atoms with E-state index in [9.17, 15) is 9.59 Å². The van der Waals surface area contributed by atoms with Crippen molar-refractivity contribution in [2.24, 2.45) is 5.10 Å². The van der Waals surface area contributed by atoms with E-state index in [-0.39, 0.29) is 30.7 Å². The van der Waals surface area contributed by atoms with Crippen LogP contribution < -0.4 is 10.7 Å². The average molecular weight is 310 g/mol. The molecule has 0 saturated heterocycles. The van der Waals surface area contributed by atoms with Crippen LogP contribution in [0.15, 0.2) is 29.4 Å². The third-order valence-corrected chi connectivity index (χ3v) is 2.77. The molecule has 0 spiro atoms. The molecular formula is C15H20ClN3O2. The van der Waals surface area contributed by atoms with Crippen LogP contribution >= 0.6 is 11.6 Å². The maximum atomic E-state index is 11.7. The standard InChI is InChI=1S/C15H20ClN3O2/c1-10(2)17-14(20)8-11(3)18-19-15(21)9-12-4-6-13(16)7-5-12/h4-7,10H,8-9H2,1-3H3,(H,17,20)(H,19,21). The first-order valence-corrected chi connectivity index (χ1v) is 7.10. The summed E-state index contributed by atoms with van der Waals surface area (Å²) in [5, 5.41) is 7.31. The van der Waals surface area contributed by atoms with Gasteiger partial charge in [0.15, 0.2) is 0 Å². The summed E-state index contributed by atoms with van der Waals surface area (Å²) in [5.41, 5.74) is 3.84. The fraction of sp³-hybridized carbons (Fsp3) is 0.400. The smallest absolute Gasteiger partial charge is 0.244 e. The van der Waals surface area contributed by atoms with E-state index < -0.39 is 0 Å². The van der Waals surface area contributed by atoms with Crippen molar-refractivity contribution < 1.29 is 9.59 Å². The number of benzene rings is 1. The van der Waals surface area contributed by atoms with Gasteiger partial charge in [-0.3, -0.25) is 9.59 Å². The Morgan fingerprint density at radius 2 is 1.81 bits per heavy atom. The van der Waals surface area contributed by atoms with Crippen molar-refractivity contribution in [3.8, 4) is 0 Å². The lowest BCUT2D eigenvalue weighted by Crippen LogP contribution is -2.31. The fourth-order valence-electron chi connectivity index (χ4n) is 1.63. The summed E-state index contributed by atoms with van der Waals surface area (Å²) in [6.07, 6.45) is 0.381. The highest BCUT2D eigenvalue weighted by Crippen LogP contribution is 2.09. The van der Waals surface area contributed by atoms with Gasteiger partial charge in [0.2, 0.25) is 11.8 Å². The van der Waals surface area contributed by atoms with Gasteiger partial charge in [0, 0.05) is 16.8 Å². The predicted molar refractivity (Wildman–Crippen MR) is 84.3 cm³/mol.